The Hall–Kier alpha value is -1.12. The predicted molar refractivity (Wildman–Crippen MR) is 50.2 cm³/mol. The summed E-state index contributed by atoms with van der Waals surface area (Å²) in [7, 11) is 1.28. The molecule has 0 radical (unpaired) electrons. The largest absolute Gasteiger partial charge is 0.468 e. The molecule has 0 aromatic carbocycles. The van der Waals surface area contributed by atoms with Crippen LogP contribution in [-0.4, -0.2) is 18.9 Å². The maximum absolute atomic E-state index is 11.5. The summed E-state index contributed by atoms with van der Waals surface area (Å²) in [5.74, 6) is -0.599. The minimum Gasteiger partial charge on any atom is -0.468 e. The van der Waals surface area contributed by atoms with E-state index in [-0.39, 0.29) is 5.78 Å². The van der Waals surface area contributed by atoms with Gasteiger partial charge in [-0.1, -0.05) is 13.0 Å². The van der Waals surface area contributed by atoms with Crippen LogP contribution in [0.3, 0.4) is 0 Å². The van der Waals surface area contributed by atoms with Crippen LogP contribution in [-0.2, 0) is 14.3 Å². The predicted octanol–water partition coefficient (Wildman–Crippen LogP) is 1.72. The first-order chi connectivity index (χ1) is 6.02. The molecule has 1 unspecified atom stereocenters. The number of ketones is 1. The second-order valence-electron chi connectivity index (χ2n) is 3.09. The number of methoxy groups -OCH3 is 1. The molecule has 3 heteroatoms. The molecule has 0 saturated carbocycles. The molecule has 0 heterocycles. The van der Waals surface area contributed by atoms with Gasteiger partial charge in [-0.25, -0.2) is 0 Å². The zero-order chi connectivity index (χ0) is 10.5. The van der Waals surface area contributed by atoms with Crippen molar-refractivity contribution in [1.82, 2.24) is 0 Å². The van der Waals surface area contributed by atoms with Crippen molar-refractivity contribution < 1.29 is 14.3 Å². The minimum atomic E-state index is -1.05. The van der Waals surface area contributed by atoms with Crippen LogP contribution < -0.4 is 0 Å². The lowest BCUT2D eigenvalue weighted by atomic mass is 9.81. The molecule has 0 rings (SSSR count). The highest BCUT2D eigenvalue weighted by molar-refractivity contribution is 6.03. The molecule has 0 N–H and O–H groups in total. The van der Waals surface area contributed by atoms with E-state index in [4.69, 9.17) is 0 Å². The van der Waals surface area contributed by atoms with Crippen LogP contribution in [0.1, 0.15) is 26.7 Å². The van der Waals surface area contributed by atoms with E-state index < -0.39 is 11.4 Å². The summed E-state index contributed by atoms with van der Waals surface area (Å²) in [4.78, 5) is 22.8. The number of hydrogen-bond acceptors (Lipinski definition) is 3. The highest BCUT2D eigenvalue weighted by atomic mass is 16.5. The molecule has 1 atom stereocenters. The first kappa shape index (κ1) is 11.9. The molecule has 0 bridgehead atoms. The second-order valence-corrected chi connectivity index (χ2v) is 3.09. The second kappa shape index (κ2) is 4.80. The van der Waals surface area contributed by atoms with Gasteiger partial charge in [0.15, 0.2) is 0 Å². The van der Waals surface area contributed by atoms with Crippen molar-refractivity contribution in [2.45, 2.75) is 26.7 Å². The number of allylic oxidation sites excluding steroid dienone is 1. The maximum Gasteiger partial charge on any atom is 0.319 e. The van der Waals surface area contributed by atoms with Gasteiger partial charge < -0.3 is 4.74 Å². The lowest BCUT2D eigenvalue weighted by Crippen LogP contribution is -2.36. The molecular formula is C10H16O3. The van der Waals surface area contributed by atoms with Gasteiger partial charge in [0.1, 0.15) is 11.2 Å². The summed E-state index contributed by atoms with van der Waals surface area (Å²) < 4.78 is 4.58. The first-order valence-corrected chi connectivity index (χ1v) is 4.25. The molecule has 3 nitrogen and oxygen atoms in total. The fraction of sp³-hybridized carbons (Fsp3) is 0.600. The Balaban J connectivity index is 4.81. The summed E-state index contributed by atoms with van der Waals surface area (Å²) in [6, 6.07) is 0. The lowest BCUT2D eigenvalue weighted by Gasteiger charge is -2.22. The Bertz CT molecular complexity index is 202. The molecule has 74 valence electrons. The Morgan fingerprint density at radius 2 is 2.08 bits per heavy atom. The van der Waals surface area contributed by atoms with Gasteiger partial charge >= 0.3 is 5.97 Å². The molecule has 0 saturated heterocycles. The maximum atomic E-state index is 11.5. The number of esters is 1. The smallest absolute Gasteiger partial charge is 0.319 e. The normalized spacial score (nSPS) is 14.4. The van der Waals surface area contributed by atoms with E-state index in [2.05, 4.69) is 11.3 Å². The molecule has 0 aromatic heterocycles. The number of Topliss-reactive ketones (excluding diaryl/α,β-unsaturated/α-hetero) is 1. The molecular weight excluding hydrogens is 168 g/mol. The zero-order valence-electron chi connectivity index (χ0n) is 8.42. The van der Waals surface area contributed by atoms with E-state index in [1.54, 1.807) is 19.9 Å². The average molecular weight is 184 g/mol. The molecule has 0 aliphatic heterocycles. The zero-order valence-corrected chi connectivity index (χ0v) is 8.42. The number of ether oxygens (including phenoxy) is 1. The quantitative estimate of drug-likeness (QED) is 0.371. The van der Waals surface area contributed by atoms with Crippen molar-refractivity contribution in [3.63, 3.8) is 0 Å². The minimum absolute atomic E-state index is 0.112. The van der Waals surface area contributed by atoms with Crippen molar-refractivity contribution in [3.05, 3.63) is 12.7 Å². The summed E-state index contributed by atoms with van der Waals surface area (Å²) in [6.45, 7) is 6.84. The summed E-state index contributed by atoms with van der Waals surface area (Å²) in [5.41, 5.74) is -1.05. The molecule has 0 fully saturated rings. The Morgan fingerprint density at radius 1 is 1.54 bits per heavy atom. The number of hydrogen-bond donors (Lipinski definition) is 0. The van der Waals surface area contributed by atoms with Gasteiger partial charge in [-0.3, -0.25) is 9.59 Å². The third kappa shape index (κ3) is 2.41. The highest BCUT2D eigenvalue weighted by Gasteiger charge is 2.39. The molecule has 0 aliphatic rings. The lowest BCUT2D eigenvalue weighted by molar-refractivity contribution is -0.156. The van der Waals surface area contributed by atoms with E-state index in [1.165, 1.54) is 7.11 Å². The van der Waals surface area contributed by atoms with Crippen LogP contribution in [0.15, 0.2) is 12.7 Å². The molecule has 13 heavy (non-hydrogen) atoms. The van der Waals surface area contributed by atoms with E-state index in [1.807, 2.05) is 0 Å². The Labute approximate surface area is 78.8 Å². The van der Waals surface area contributed by atoms with Crippen molar-refractivity contribution in [1.29, 1.82) is 0 Å². The third-order valence-electron chi connectivity index (χ3n) is 2.13. The molecule has 0 aliphatic carbocycles. The SMILES string of the molecule is C=CCC(C)(C(=O)CC)C(=O)OC. The monoisotopic (exact) mass is 184 g/mol. The van der Waals surface area contributed by atoms with Crippen LogP contribution in [0.5, 0.6) is 0 Å². The summed E-state index contributed by atoms with van der Waals surface area (Å²) in [6.07, 6.45) is 2.22. The molecule has 0 aromatic rings. The van der Waals surface area contributed by atoms with Crippen LogP contribution in [0.2, 0.25) is 0 Å². The van der Waals surface area contributed by atoms with Crippen molar-refractivity contribution >= 4 is 11.8 Å². The van der Waals surface area contributed by atoms with Gasteiger partial charge in [0.2, 0.25) is 0 Å². The van der Waals surface area contributed by atoms with Crippen LogP contribution in [0, 0.1) is 5.41 Å². The van der Waals surface area contributed by atoms with Gasteiger partial charge in [-0.05, 0) is 13.3 Å². The highest BCUT2D eigenvalue weighted by Crippen LogP contribution is 2.26. The van der Waals surface area contributed by atoms with Gasteiger partial charge in [0.05, 0.1) is 7.11 Å². The number of rotatable bonds is 5. The fourth-order valence-corrected chi connectivity index (χ4v) is 1.22. The Morgan fingerprint density at radius 3 is 2.38 bits per heavy atom. The third-order valence-corrected chi connectivity index (χ3v) is 2.13. The number of carbonyl (C=O) groups excluding carboxylic acids is 2. The Kier molecular flexibility index (Phi) is 4.38. The van der Waals surface area contributed by atoms with E-state index >= 15 is 0 Å². The van der Waals surface area contributed by atoms with E-state index in [9.17, 15) is 9.59 Å². The summed E-state index contributed by atoms with van der Waals surface area (Å²) >= 11 is 0. The topological polar surface area (TPSA) is 43.4 Å². The van der Waals surface area contributed by atoms with Crippen molar-refractivity contribution in [3.8, 4) is 0 Å². The van der Waals surface area contributed by atoms with Crippen molar-refractivity contribution in [2.75, 3.05) is 7.11 Å². The van der Waals surface area contributed by atoms with Gasteiger partial charge in [-0.2, -0.15) is 0 Å². The van der Waals surface area contributed by atoms with Gasteiger partial charge in [-0.15, -0.1) is 6.58 Å². The van der Waals surface area contributed by atoms with Crippen LogP contribution in [0.4, 0.5) is 0 Å². The van der Waals surface area contributed by atoms with E-state index in [0.29, 0.717) is 12.8 Å². The first-order valence-electron chi connectivity index (χ1n) is 4.25. The average Bonchev–Trinajstić information content (AvgIpc) is 2.15. The van der Waals surface area contributed by atoms with Crippen LogP contribution >= 0.6 is 0 Å². The van der Waals surface area contributed by atoms with Gasteiger partial charge in [0.25, 0.3) is 0 Å². The number of carbonyl (C=O) groups is 2. The van der Waals surface area contributed by atoms with Crippen LogP contribution in [0.25, 0.3) is 0 Å². The van der Waals surface area contributed by atoms with Gasteiger partial charge in [0, 0.05) is 6.42 Å². The summed E-state index contributed by atoms with van der Waals surface area (Å²) in [5, 5.41) is 0. The fourth-order valence-electron chi connectivity index (χ4n) is 1.22. The molecule has 0 spiro atoms. The van der Waals surface area contributed by atoms with Crippen molar-refractivity contribution in [2.24, 2.45) is 5.41 Å². The standard InChI is InChI=1S/C10H16O3/c1-5-7-10(3,8(11)6-2)9(12)13-4/h5H,1,6-7H2,2-4H3. The molecule has 0 amide bonds. The van der Waals surface area contributed by atoms with E-state index in [0.717, 1.165) is 0 Å².